The lowest BCUT2D eigenvalue weighted by Crippen LogP contribution is -2.07. The van der Waals surface area contributed by atoms with Gasteiger partial charge >= 0.3 is 0 Å². The molecule has 0 atom stereocenters. The zero-order valence-corrected chi connectivity index (χ0v) is 25.7. The zero-order valence-electron chi connectivity index (χ0n) is 25.7. The average molecular weight is 615 g/mol. The molecule has 0 aliphatic carbocycles. The van der Waals surface area contributed by atoms with Crippen molar-refractivity contribution in [1.29, 1.82) is 0 Å². The van der Waals surface area contributed by atoms with Gasteiger partial charge in [-0.3, -0.25) is 9.55 Å². The molecule has 224 valence electrons. The maximum absolute atomic E-state index is 5.23. The van der Waals surface area contributed by atoms with Gasteiger partial charge in [-0.1, -0.05) is 115 Å². The first-order valence-corrected chi connectivity index (χ1v) is 16.0. The van der Waals surface area contributed by atoms with Crippen molar-refractivity contribution in [3.8, 4) is 34.4 Å². The van der Waals surface area contributed by atoms with Crippen LogP contribution in [0.15, 0.2) is 158 Å². The molecule has 0 bridgehead atoms. The quantitative estimate of drug-likeness (QED) is 0.198. The molecule has 0 amide bonds. The summed E-state index contributed by atoms with van der Waals surface area (Å²) < 4.78 is 4.59. The fourth-order valence-electron chi connectivity index (χ4n) is 7.06. The molecular formula is C42H26N6. The van der Waals surface area contributed by atoms with Gasteiger partial charge in [0.25, 0.3) is 0 Å². The molecule has 4 aromatic heterocycles. The number of aromatic nitrogens is 6. The molecule has 0 spiro atoms. The zero-order chi connectivity index (χ0) is 31.6. The Labute approximate surface area is 275 Å². The minimum Gasteiger partial charge on any atom is -0.307 e. The Kier molecular flexibility index (Phi) is 5.77. The number of benzene rings is 6. The van der Waals surface area contributed by atoms with Crippen molar-refractivity contribution in [2.45, 2.75) is 0 Å². The molecule has 4 heterocycles. The Hall–Kier alpha value is -6.66. The largest absolute Gasteiger partial charge is 0.307 e. The van der Waals surface area contributed by atoms with Crippen LogP contribution in [-0.2, 0) is 0 Å². The highest BCUT2D eigenvalue weighted by Crippen LogP contribution is 2.42. The van der Waals surface area contributed by atoms with Crippen LogP contribution >= 0.6 is 0 Å². The summed E-state index contributed by atoms with van der Waals surface area (Å²) in [5.41, 5.74) is 8.10. The molecule has 0 fully saturated rings. The number of pyridine rings is 1. The molecule has 0 aliphatic rings. The maximum Gasteiger partial charge on any atom is 0.238 e. The van der Waals surface area contributed by atoms with Gasteiger partial charge in [0.1, 0.15) is 0 Å². The first-order chi connectivity index (χ1) is 23.8. The first-order valence-electron chi connectivity index (χ1n) is 16.0. The summed E-state index contributed by atoms with van der Waals surface area (Å²) in [6.45, 7) is 0. The van der Waals surface area contributed by atoms with Crippen LogP contribution in [0.3, 0.4) is 0 Å². The van der Waals surface area contributed by atoms with E-state index in [-0.39, 0.29) is 0 Å². The molecule has 10 aromatic rings. The van der Waals surface area contributed by atoms with Crippen molar-refractivity contribution < 1.29 is 0 Å². The first kappa shape index (κ1) is 26.5. The molecule has 6 nitrogen and oxygen atoms in total. The standard InChI is InChI=1S/C42H26N6/c1-4-13-27(14-5-1)40-44-41(28-15-6-2-7-16-28)46-42(45-40)48-37-26-35-29(17-12-24-43-35)25-34(37)33-23-22-32-31-20-10-11-21-36(31)47(38(32)39(33)48)30-18-8-3-9-19-30/h1-26H. The van der Waals surface area contributed by atoms with E-state index in [9.17, 15) is 0 Å². The van der Waals surface area contributed by atoms with Gasteiger partial charge in [0, 0.05) is 49.9 Å². The van der Waals surface area contributed by atoms with Crippen LogP contribution in [0.1, 0.15) is 0 Å². The lowest BCUT2D eigenvalue weighted by atomic mass is 10.1. The monoisotopic (exact) mass is 614 g/mol. The van der Waals surface area contributed by atoms with E-state index in [0.717, 1.165) is 65.9 Å². The Morgan fingerprint density at radius 1 is 0.417 bits per heavy atom. The van der Waals surface area contributed by atoms with Crippen molar-refractivity contribution in [3.05, 3.63) is 158 Å². The number of hydrogen-bond donors (Lipinski definition) is 0. The summed E-state index contributed by atoms with van der Waals surface area (Å²) in [4.78, 5) is 20.2. The number of hydrogen-bond acceptors (Lipinski definition) is 4. The van der Waals surface area contributed by atoms with E-state index in [0.29, 0.717) is 17.6 Å². The van der Waals surface area contributed by atoms with Gasteiger partial charge in [0.2, 0.25) is 5.95 Å². The second-order valence-electron chi connectivity index (χ2n) is 12.0. The van der Waals surface area contributed by atoms with Gasteiger partial charge in [-0.05, 0) is 36.4 Å². The molecule has 6 aromatic carbocycles. The molecule has 0 N–H and O–H groups in total. The summed E-state index contributed by atoms with van der Waals surface area (Å²) in [5, 5.41) is 5.66. The lowest BCUT2D eigenvalue weighted by molar-refractivity contribution is 0.953. The van der Waals surface area contributed by atoms with Crippen molar-refractivity contribution in [2.24, 2.45) is 0 Å². The van der Waals surface area contributed by atoms with Crippen LogP contribution < -0.4 is 0 Å². The highest BCUT2D eigenvalue weighted by atomic mass is 15.2. The molecule has 0 saturated heterocycles. The Balaban J connectivity index is 1.43. The van der Waals surface area contributed by atoms with Gasteiger partial charge in [-0.15, -0.1) is 0 Å². The van der Waals surface area contributed by atoms with Gasteiger partial charge in [0.05, 0.1) is 27.6 Å². The van der Waals surface area contributed by atoms with E-state index in [1.807, 2.05) is 72.9 Å². The number of rotatable bonds is 4. The SMILES string of the molecule is c1ccc(-c2nc(-c3ccccc3)nc(-n3c4cc5ncccc5cc4c4ccc5c6ccccc6n(-c6ccccc6)c5c43)n2)cc1. The van der Waals surface area contributed by atoms with E-state index in [4.69, 9.17) is 19.9 Å². The number of nitrogens with zero attached hydrogens (tertiary/aromatic N) is 6. The second-order valence-corrected chi connectivity index (χ2v) is 12.0. The minimum atomic E-state index is 0.551. The van der Waals surface area contributed by atoms with E-state index >= 15 is 0 Å². The third kappa shape index (κ3) is 3.99. The Morgan fingerprint density at radius 3 is 1.73 bits per heavy atom. The summed E-state index contributed by atoms with van der Waals surface area (Å²) in [6, 6.07) is 52.5. The van der Waals surface area contributed by atoms with Crippen LogP contribution in [0.2, 0.25) is 0 Å². The summed E-state index contributed by atoms with van der Waals surface area (Å²) >= 11 is 0. The van der Waals surface area contributed by atoms with E-state index in [1.54, 1.807) is 0 Å². The Morgan fingerprint density at radius 2 is 1.02 bits per heavy atom. The highest BCUT2D eigenvalue weighted by Gasteiger charge is 2.24. The molecule has 48 heavy (non-hydrogen) atoms. The summed E-state index contributed by atoms with van der Waals surface area (Å²) in [5.74, 6) is 1.78. The predicted octanol–water partition coefficient (Wildman–Crippen LogP) is 9.95. The summed E-state index contributed by atoms with van der Waals surface area (Å²) in [6.07, 6.45) is 1.84. The van der Waals surface area contributed by atoms with Gasteiger partial charge in [-0.25, -0.2) is 4.98 Å². The molecule has 0 unspecified atom stereocenters. The fourth-order valence-corrected chi connectivity index (χ4v) is 7.06. The van der Waals surface area contributed by atoms with Crippen molar-refractivity contribution in [1.82, 2.24) is 29.1 Å². The molecule has 0 saturated carbocycles. The van der Waals surface area contributed by atoms with Gasteiger partial charge < -0.3 is 4.57 Å². The number of para-hydroxylation sites is 2. The van der Waals surface area contributed by atoms with Crippen molar-refractivity contribution >= 4 is 54.5 Å². The average Bonchev–Trinajstić information content (AvgIpc) is 3.67. The van der Waals surface area contributed by atoms with E-state index < -0.39 is 0 Å². The fraction of sp³-hybridized carbons (Fsp3) is 0. The molecular weight excluding hydrogens is 589 g/mol. The van der Waals surface area contributed by atoms with Crippen LogP contribution in [-0.4, -0.2) is 29.1 Å². The topological polar surface area (TPSA) is 61.4 Å². The maximum atomic E-state index is 5.23. The second kappa shape index (κ2) is 10.4. The highest BCUT2D eigenvalue weighted by molar-refractivity contribution is 6.24. The third-order valence-corrected chi connectivity index (χ3v) is 9.19. The van der Waals surface area contributed by atoms with Crippen LogP contribution in [0, 0.1) is 0 Å². The predicted molar refractivity (Wildman–Crippen MR) is 195 cm³/mol. The van der Waals surface area contributed by atoms with E-state index in [2.05, 4.69) is 94.1 Å². The van der Waals surface area contributed by atoms with Crippen LogP contribution in [0.4, 0.5) is 0 Å². The lowest BCUT2D eigenvalue weighted by Gasteiger charge is -2.13. The smallest absolute Gasteiger partial charge is 0.238 e. The molecule has 10 rings (SSSR count). The normalized spacial score (nSPS) is 11.8. The van der Waals surface area contributed by atoms with Gasteiger partial charge in [-0.2, -0.15) is 9.97 Å². The minimum absolute atomic E-state index is 0.551. The molecule has 0 radical (unpaired) electrons. The molecule has 6 heteroatoms. The van der Waals surface area contributed by atoms with Crippen molar-refractivity contribution in [3.63, 3.8) is 0 Å². The molecule has 0 aliphatic heterocycles. The summed E-state index contributed by atoms with van der Waals surface area (Å²) in [7, 11) is 0. The van der Waals surface area contributed by atoms with Crippen molar-refractivity contribution in [2.75, 3.05) is 0 Å². The van der Waals surface area contributed by atoms with Gasteiger partial charge in [0.15, 0.2) is 11.6 Å². The van der Waals surface area contributed by atoms with Crippen LogP contribution in [0.5, 0.6) is 0 Å². The van der Waals surface area contributed by atoms with E-state index in [1.165, 1.54) is 5.39 Å². The third-order valence-electron chi connectivity index (χ3n) is 9.19. The Bertz CT molecular complexity index is 2760. The number of fused-ring (bicyclic) bond motifs is 8. The van der Waals surface area contributed by atoms with Crippen LogP contribution in [0.25, 0.3) is 88.9 Å².